The molecule has 2 aromatic rings. The van der Waals surface area contributed by atoms with Gasteiger partial charge in [-0.2, -0.15) is 0 Å². The lowest BCUT2D eigenvalue weighted by Crippen LogP contribution is -2.57. The molecule has 27 heavy (non-hydrogen) atoms. The van der Waals surface area contributed by atoms with E-state index in [2.05, 4.69) is 54.5 Å². The van der Waals surface area contributed by atoms with E-state index in [0.29, 0.717) is 19.8 Å². The fourth-order valence-electron chi connectivity index (χ4n) is 2.99. The third-order valence-electron chi connectivity index (χ3n) is 3.82. The fraction of sp³-hybridized carbons (Fsp3) is 0.474. The van der Waals surface area contributed by atoms with Crippen molar-refractivity contribution in [2.24, 2.45) is 0 Å². The summed E-state index contributed by atoms with van der Waals surface area (Å²) < 4.78 is 34.5. The van der Waals surface area contributed by atoms with E-state index in [-0.39, 0.29) is 0 Å². The smallest absolute Gasteiger partial charge is 0.459 e. The summed E-state index contributed by atoms with van der Waals surface area (Å²) in [6.45, 7) is 9.95. The number of hydrogen-bond acceptors (Lipinski definition) is 6. The molecule has 2 rings (SSSR count). The lowest BCUT2D eigenvalue weighted by molar-refractivity contribution is 0.0859. The molecule has 0 aromatic heterocycles. The Bertz CT molecular complexity index is 755. The molecule has 0 saturated heterocycles. The number of fused-ring (bicyclic) bond motifs is 1. The molecule has 0 spiro atoms. The Labute approximate surface area is 169 Å². The molecule has 152 valence electrons. The number of benzene rings is 2. The van der Waals surface area contributed by atoms with Gasteiger partial charge >= 0.3 is 8.80 Å². The fourth-order valence-corrected chi connectivity index (χ4v) is 5.56. The Hall–Kier alpha value is -0.873. The molecule has 0 radical (unpaired) electrons. The van der Waals surface area contributed by atoms with Crippen molar-refractivity contribution in [2.75, 3.05) is 19.8 Å². The van der Waals surface area contributed by atoms with Gasteiger partial charge in [-0.15, -0.1) is 0 Å². The zero-order chi connectivity index (χ0) is 20.3. The van der Waals surface area contributed by atoms with Gasteiger partial charge in [0.2, 0.25) is 0 Å². The Balaban J connectivity index is 0.000000828. The average Bonchev–Trinajstić information content (AvgIpc) is 2.62. The lowest BCUT2D eigenvalue weighted by Gasteiger charge is -2.29. The molecular weight excluding hydrogens is 400 g/mol. The van der Waals surface area contributed by atoms with E-state index in [0.717, 1.165) is 18.0 Å². The standard InChI is InChI=1S/C19H28O3Si.HO2S2/c1-5-11-16-14-18(15-17-12-9-10-13-19(16)17)23(20-6-2,21-7-3)22-8-4;1-4(2)3/h9-10,12-15H,5-8,11H2,1-4H3;(H,1,2,3)/q;-1. The van der Waals surface area contributed by atoms with E-state index in [1.165, 1.54) is 16.3 Å². The second kappa shape index (κ2) is 12.6. The van der Waals surface area contributed by atoms with Crippen LogP contribution in [0.25, 0.3) is 10.8 Å². The third kappa shape index (κ3) is 7.23. The second-order valence-electron chi connectivity index (χ2n) is 5.68. The van der Waals surface area contributed by atoms with Crippen LogP contribution in [0.2, 0.25) is 0 Å². The summed E-state index contributed by atoms with van der Waals surface area (Å²) in [5.41, 5.74) is 1.34. The maximum atomic E-state index is 8.93. The van der Waals surface area contributed by atoms with Gasteiger partial charge in [0.15, 0.2) is 0 Å². The Morgan fingerprint density at radius 1 is 1.00 bits per heavy atom. The van der Waals surface area contributed by atoms with Crippen molar-refractivity contribution in [3.63, 3.8) is 0 Å². The molecular formula is C19H29O5S2Si-. The van der Waals surface area contributed by atoms with Crippen LogP contribution < -0.4 is 5.19 Å². The molecule has 0 heterocycles. The van der Waals surface area contributed by atoms with Crippen LogP contribution >= 0.6 is 0 Å². The van der Waals surface area contributed by atoms with Gasteiger partial charge in [-0.05, 0) is 49.6 Å². The van der Waals surface area contributed by atoms with Crippen LogP contribution in [0.3, 0.4) is 0 Å². The van der Waals surface area contributed by atoms with Gasteiger partial charge in [0, 0.05) is 25.0 Å². The normalized spacial score (nSPS) is 11.5. The first-order valence-corrected chi connectivity index (χ1v) is 12.9. The Morgan fingerprint density at radius 2 is 1.52 bits per heavy atom. The van der Waals surface area contributed by atoms with Gasteiger partial charge in [-0.3, -0.25) is 0 Å². The van der Waals surface area contributed by atoms with Crippen molar-refractivity contribution in [1.82, 2.24) is 0 Å². The van der Waals surface area contributed by atoms with Crippen molar-refractivity contribution in [1.29, 1.82) is 0 Å². The highest BCUT2D eigenvalue weighted by atomic mass is 32.8. The first-order valence-electron chi connectivity index (χ1n) is 9.16. The first kappa shape index (κ1) is 24.2. The molecule has 0 atom stereocenters. The molecule has 0 bridgehead atoms. The molecule has 0 fully saturated rings. The second-order valence-corrected chi connectivity index (χ2v) is 9.52. The largest absolute Gasteiger partial charge is 0.537 e. The average molecular weight is 430 g/mol. The van der Waals surface area contributed by atoms with Gasteiger partial charge in [0.25, 0.3) is 0 Å². The molecule has 0 saturated carbocycles. The molecule has 8 heteroatoms. The number of aryl methyl sites for hydroxylation is 1. The summed E-state index contributed by atoms with van der Waals surface area (Å²) in [6.07, 6.45) is 2.16. The van der Waals surface area contributed by atoms with Crippen molar-refractivity contribution < 1.29 is 22.0 Å². The van der Waals surface area contributed by atoms with Gasteiger partial charge in [-0.25, -0.2) is 11.2 Å². The summed E-state index contributed by atoms with van der Waals surface area (Å²) >= 11 is 3.65. The van der Waals surface area contributed by atoms with Crippen molar-refractivity contribution in [3.8, 4) is 0 Å². The first-order chi connectivity index (χ1) is 12.9. The molecule has 1 N–H and O–H groups in total. The minimum Gasteiger partial charge on any atom is -0.459 e. The summed E-state index contributed by atoms with van der Waals surface area (Å²) in [4.78, 5) is 0. The molecule has 0 aliphatic heterocycles. The van der Waals surface area contributed by atoms with Gasteiger partial charge in [0.1, 0.15) is 0 Å². The van der Waals surface area contributed by atoms with Crippen LogP contribution in [-0.4, -0.2) is 33.2 Å². The summed E-state index contributed by atoms with van der Waals surface area (Å²) in [7, 11) is -4.88. The van der Waals surface area contributed by atoms with Gasteiger partial charge < -0.3 is 22.0 Å². The highest BCUT2D eigenvalue weighted by Gasteiger charge is 2.43. The van der Waals surface area contributed by atoms with E-state index in [1.54, 1.807) is 0 Å². The minimum atomic E-state index is -2.85. The molecule has 0 aliphatic rings. The maximum Gasteiger partial charge on any atom is 0.537 e. The lowest BCUT2D eigenvalue weighted by atomic mass is 10.0. The highest BCUT2D eigenvalue weighted by molar-refractivity contribution is 8.18. The van der Waals surface area contributed by atoms with E-state index in [1.807, 2.05) is 20.8 Å². The van der Waals surface area contributed by atoms with Crippen LogP contribution in [0, 0.1) is 0 Å². The molecule has 2 aromatic carbocycles. The Kier molecular flexibility index (Phi) is 11.2. The molecule has 0 aliphatic carbocycles. The molecule has 0 unspecified atom stereocenters. The van der Waals surface area contributed by atoms with Gasteiger partial charge in [0.05, 0.1) is 0 Å². The zero-order valence-electron chi connectivity index (χ0n) is 16.4. The summed E-state index contributed by atoms with van der Waals surface area (Å²) in [5, 5.41) is 3.61. The van der Waals surface area contributed by atoms with Crippen LogP contribution in [0.5, 0.6) is 0 Å². The van der Waals surface area contributed by atoms with Crippen LogP contribution in [0.15, 0.2) is 36.4 Å². The SMILES string of the molecule is CCCc1cc([Si](OCC)(OCC)OCC)cc2ccccc12.O=[S-](O)=S. The number of hydrogen-bond donors (Lipinski definition) is 1. The predicted octanol–water partition coefficient (Wildman–Crippen LogP) is 3.93. The zero-order valence-corrected chi connectivity index (χ0v) is 19.0. The Morgan fingerprint density at radius 3 is 2.00 bits per heavy atom. The van der Waals surface area contributed by atoms with E-state index >= 15 is 0 Å². The van der Waals surface area contributed by atoms with Crippen molar-refractivity contribution in [3.05, 3.63) is 42.0 Å². The third-order valence-corrected chi connectivity index (χ3v) is 6.83. The van der Waals surface area contributed by atoms with E-state index in [9.17, 15) is 0 Å². The molecule has 0 amide bonds. The minimum absolute atomic E-state index is 0.585. The summed E-state index contributed by atoms with van der Waals surface area (Å²) in [6, 6.07) is 12.9. The monoisotopic (exact) mass is 429 g/mol. The van der Waals surface area contributed by atoms with E-state index < -0.39 is 18.4 Å². The van der Waals surface area contributed by atoms with Crippen molar-refractivity contribution >= 4 is 45.6 Å². The van der Waals surface area contributed by atoms with Crippen LogP contribution in [-0.2, 0) is 44.7 Å². The topological polar surface area (TPSA) is 65.0 Å². The molecule has 5 nitrogen and oxygen atoms in total. The van der Waals surface area contributed by atoms with Crippen molar-refractivity contribution in [2.45, 2.75) is 40.5 Å². The van der Waals surface area contributed by atoms with Crippen LogP contribution in [0.1, 0.15) is 39.7 Å². The quantitative estimate of drug-likeness (QED) is 0.370. The summed E-state index contributed by atoms with van der Waals surface area (Å²) in [5.74, 6) is 0. The maximum absolute atomic E-state index is 8.93. The van der Waals surface area contributed by atoms with E-state index in [4.69, 9.17) is 22.0 Å². The number of rotatable bonds is 9. The van der Waals surface area contributed by atoms with Crippen LogP contribution in [0.4, 0.5) is 0 Å². The van der Waals surface area contributed by atoms with Gasteiger partial charge in [-0.1, -0.05) is 53.3 Å². The highest BCUT2D eigenvalue weighted by Crippen LogP contribution is 2.22. The predicted molar refractivity (Wildman–Crippen MR) is 116 cm³/mol.